The molecule has 0 amide bonds. The van der Waals surface area contributed by atoms with Gasteiger partial charge in [-0.15, -0.1) is 0 Å². The van der Waals surface area contributed by atoms with Crippen molar-refractivity contribution in [1.82, 2.24) is 4.98 Å². The van der Waals surface area contributed by atoms with Gasteiger partial charge in [0, 0.05) is 6.07 Å². The van der Waals surface area contributed by atoms with Crippen LogP contribution in [0.1, 0.15) is 18.6 Å². The van der Waals surface area contributed by atoms with Gasteiger partial charge in [0.15, 0.2) is 17.5 Å². The second-order valence-electron chi connectivity index (χ2n) is 3.81. The van der Waals surface area contributed by atoms with Crippen LogP contribution in [0.2, 0.25) is 0 Å². The Morgan fingerprint density at radius 2 is 1.83 bits per heavy atom. The van der Waals surface area contributed by atoms with Crippen LogP contribution in [0.25, 0.3) is 0 Å². The van der Waals surface area contributed by atoms with Crippen molar-refractivity contribution < 1.29 is 13.5 Å². The number of benzene rings is 1. The fourth-order valence-corrected chi connectivity index (χ4v) is 1.51. The van der Waals surface area contributed by atoms with Crippen molar-refractivity contribution in [1.29, 1.82) is 0 Å². The zero-order chi connectivity index (χ0) is 13.1. The Morgan fingerprint density at radius 1 is 1.17 bits per heavy atom. The normalized spacial score (nSPS) is 12.2. The van der Waals surface area contributed by atoms with Crippen LogP contribution in [-0.4, -0.2) is 4.98 Å². The van der Waals surface area contributed by atoms with E-state index in [1.165, 1.54) is 0 Å². The molecule has 94 valence electrons. The molecule has 1 heterocycles. The van der Waals surface area contributed by atoms with E-state index in [0.717, 1.165) is 5.56 Å². The number of anilines is 1. The van der Waals surface area contributed by atoms with Gasteiger partial charge in [-0.05, 0) is 12.5 Å². The topological polar surface area (TPSA) is 48.1 Å². The highest BCUT2D eigenvalue weighted by atomic mass is 19.1. The lowest BCUT2D eigenvalue weighted by molar-refractivity contribution is 0.206. The first kappa shape index (κ1) is 12.3. The third kappa shape index (κ3) is 2.56. The van der Waals surface area contributed by atoms with Gasteiger partial charge in [0.25, 0.3) is 5.88 Å². The SMILES string of the molecule is CC(Oc1nc(N)c(F)cc1F)c1ccccc1. The van der Waals surface area contributed by atoms with Crippen molar-refractivity contribution in [3.8, 4) is 5.88 Å². The molecule has 1 aromatic heterocycles. The van der Waals surface area contributed by atoms with Crippen molar-refractivity contribution >= 4 is 5.82 Å². The molecule has 3 nitrogen and oxygen atoms in total. The van der Waals surface area contributed by atoms with E-state index < -0.39 is 17.7 Å². The number of hydrogen-bond acceptors (Lipinski definition) is 3. The van der Waals surface area contributed by atoms with E-state index in [-0.39, 0.29) is 11.7 Å². The molecule has 0 aliphatic carbocycles. The average Bonchev–Trinajstić information content (AvgIpc) is 2.37. The molecule has 0 saturated heterocycles. The van der Waals surface area contributed by atoms with E-state index in [1.54, 1.807) is 6.92 Å². The Bertz CT molecular complexity index is 546. The molecule has 1 unspecified atom stereocenters. The first-order valence-electron chi connectivity index (χ1n) is 5.41. The van der Waals surface area contributed by atoms with Gasteiger partial charge in [-0.2, -0.15) is 4.98 Å². The molecule has 2 rings (SSSR count). The molecule has 1 aromatic carbocycles. The average molecular weight is 250 g/mol. The van der Waals surface area contributed by atoms with Gasteiger partial charge in [0.05, 0.1) is 0 Å². The first-order valence-corrected chi connectivity index (χ1v) is 5.41. The fourth-order valence-electron chi connectivity index (χ4n) is 1.51. The molecule has 0 radical (unpaired) electrons. The number of ether oxygens (including phenoxy) is 1. The number of halogens is 2. The van der Waals surface area contributed by atoms with Gasteiger partial charge in [-0.3, -0.25) is 0 Å². The second kappa shape index (κ2) is 5.00. The largest absolute Gasteiger partial charge is 0.468 e. The predicted molar refractivity (Wildman–Crippen MR) is 64.1 cm³/mol. The third-order valence-corrected chi connectivity index (χ3v) is 2.48. The Labute approximate surface area is 103 Å². The molecule has 2 N–H and O–H groups in total. The zero-order valence-corrected chi connectivity index (χ0v) is 9.73. The van der Waals surface area contributed by atoms with E-state index in [4.69, 9.17) is 10.5 Å². The van der Waals surface area contributed by atoms with Gasteiger partial charge in [0.2, 0.25) is 0 Å². The summed E-state index contributed by atoms with van der Waals surface area (Å²) in [5.74, 6) is -2.45. The number of hydrogen-bond donors (Lipinski definition) is 1. The molecule has 0 saturated carbocycles. The van der Waals surface area contributed by atoms with Crippen molar-refractivity contribution in [2.24, 2.45) is 0 Å². The monoisotopic (exact) mass is 250 g/mol. The molecule has 0 bridgehead atoms. The number of nitrogen functional groups attached to an aromatic ring is 1. The maximum absolute atomic E-state index is 13.4. The van der Waals surface area contributed by atoms with E-state index in [9.17, 15) is 8.78 Å². The van der Waals surface area contributed by atoms with Crippen molar-refractivity contribution in [3.05, 3.63) is 53.6 Å². The minimum atomic E-state index is -0.896. The molecule has 18 heavy (non-hydrogen) atoms. The summed E-state index contributed by atoms with van der Waals surface area (Å²) < 4.78 is 31.7. The quantitative estimate of drug-likeness (QED) is 0.910. The van der Waals surface area contributed by atoms with Crippen LogP contribution in [0.4, 0.5) is 14.6 Å². The summed E-state index contributed by atoms with van der Waals surface area (Å²) in [5.41, 5.74) is 6.13. The minimum absolute atomic E-state index is 0.301. The molecule has 1 atom stereocenters. The number of nitrogens with two attached hydrogens (primary N) is 1. The Balaban J connectivity index is 2.22. The molecule has 0 aliphatic rings. The van der Waals surface area contributed by atoms with E-state index >= 15 is 0 Å². The summed E-state index contributed by atoms with van der Waals surface area (Å²) >= 11 is 0. The van der Waals surface area contributed by atoms with Gasteiger partial charge in [-0.1, -0.05) is 30.3 Å². The van der Waals surface area contributed by atoms with Crippen LogP contribution in [0.3, 0.4) is 0 Å². The van der Waals surface area contributed by atoms with Crippen molar-refractivity contribution in [2.45, 2.75) is 13.0 Å². The highest BCUT2D eigenvalue weighted by Gasteiger charge is 2.14. The Hall–Kier alpha value is -2.17. The summed E-state index contributed by atoms with van der Waals surface area (Å²) in [7, 11) is 0. The van der Waals surface area contributed by atoms with E-state index in [2.05, 4.69) is 4.98 Å². The fraction of sp³-hybridized carbons (Fsp3) is 0.154. The van der Waals surface area contributed by atoms with Crippen LogP contribution >= 0.6 is 0 Å². The van der Waals surface area contributed by atoms with Crippen LogP contribution < -0.4 is 10.5 Å². The van der Waals surface area contributed by atoms with Crippen molar-refractivity contribution in [3.63, 3.8) is 0 Å². The molecular formula is C13H12F2N2O. The highest BCUT2D eigenvalue weighted by molar-refractivity contribution is 5.34. The van der Waals surface area contributed by atoms with Crippen LogP contribution in [0.5, 0.6) is 5.88 Å². The maximum Gasteiger partial charge on any atom is 0.253 e. The zero-order valence-electron chi connectivity index (χ0n) is 9.73. The minimum Gasteiger partial charge on any atom is -0.468 e. The number of aromatic nitrogens is 1. The third-order valence-electron chi connectivity index (χ3n) is 2.48. The summed E-state index contributed by atoms with van der Waals surface area (Å²) in [6.45, 7) is 1.75. The van der Waals surface area contributed by atoms with Gasteiger partial charge in [-0.25, -0.2) is 8.78 Å². The first-order chi connectivity index (χ1) is 8.58. The summed E-state index contributed by atoms with van der Waals surface area (Å²) in [6.07, 6.45) is -0.405. The Morgan fingerprint density at radius 3 is 2.50 bits per heavy atom. The van der Waals surface area contributed by atoms with Gasteiger partial charge in [0.1, 0.15) is 6.10 Å². The number of nitrogens with zero attached hydrogens (tertiary/aromatic N) is 1. The lowest BCUT2D eigenvalue weighted by atomic mass is 10.1. The van der Waals surface area contributed by atoms with Crippen LogP contribution in [0.15, 0.2) is 36.4 Å². The predicted octanol–water partition coefficient (Wildman–Crippen LogP) is 3.08. The molecular weight excluding hydrogens is 238 g/mol. The van der Waals surface area contributed by atoms with E-state index in [0.29, 0.717) is 6.07 Å². The Kier molecular flexibility index (Phi) is 3.41. The molecule has 0 spiro atoms. The van der Waals surface area contributed by atoms with Gasteiger partial charge >= 0.3 is 0 Å². The number of rotatable bonds is 3. The molecule has 2 aromatic rings. The summed E-state index contributed by atoms with van der Waals surface area (Å²) in [4.78, 5) is 3.54. The maximum atomic E-state index is 13.4. The van der Waals surface area contributed by atoms with Crippen LogP contribution in [-0.2, 0) is 0 Å². The standard InChI is InChI=1S/C13H12F2N2O/c1-8(9-5-3-2-4-6-9)18-13-11(15)7-10(14)12(16)17-13/h2-8H,1H3,(H2,16,17). The van der Waals surface area contributed by atoms with Crippen LogP contribution in [0, 0.1) is 11.6 Å². The second-order valence-corrected chi connectivity index (χ2v) is 3.81. The molecule has 5 heteroatoms. The van der Waals surface area contributed by atoms with Gasteiger partial charge < -0.3 is 10.5 Å². The highest BCUT2D eigenvalue weighted by Crippen LogP contribution is 2.24. The van der Waals surface area contributed by atoms with E-state index in [1.807, 2.05) is 30.3 Å². The summed E-state index contributed by atoms with van der Waals surface area (Å²) in [5, 5.41) is 0. The summed E-state index contributed by atoms with van der Waals surface area (Å²) in [6, 6.07) is 9.90. The molecule has 0 aliphatic heterocycles. The smallest absolute Gasteiger partial charge is 0.253 e. The lowest BCUT2D eigenvalue weighted by Crippen LogP contribution is -2.07. The molecule has 0 fully saturated rings. The van der Waals surface area contributed by atoms with Crippen molar-refractivity contribution in [2.75, 3.05) is 5.73 Å². The number of pyridine rings is 1. The lowest BCUT2D eigenvalue weighted by Gasteiger charge is -2.14.